The number of aliphatic hydroxyl groups excluding tert-OH is 1. The van der Waals surface area contributed by atoms with E-state index in [0.717, 1.165) is 4.90 Å². The zero-order valence-corrected chi connectivity index (χ0v) is 27.7. The number of nitro groups is 3. The van der Waals surface area contributed by atoms with Crippen molar-refractivity contribution in [1.29, 1.82) is 0 Å². The van der Waals surface area contributed by atoms with E-state index in [1.165, 1.54) is 102 Å². The summed E-state index contributed by atoms with van der Waals surface area (Å²) in [5, 5.41) is 43.5. The Hall–Kier alpha value is -6.95. The molecule has 53 heavy (non-hydrogen) atoms. The molecule has 1 heterocycles. The van der Waals surface area contributed by atoms with Crippen molar-refractivity contribution < 1.29 is 48.5 Å². The van der Waals surface area contributed by atoms with Crippen LogP contribution in [0.25, 0.3) is 0 Å². The molecule has 0 radical (unpaired) electrons. The molecule has 1 saturated heterocycles. The van der Waals surface area contributed by atoms with Crippen molar-refractivity contribution in [2.45, 2.75) is 38.4 Å². The second-order valence-corrected chi connectivity index (χ2v) is 11.8. The van der Waals surface area contributed by atoms with Gasteiger partial charge < -0.3 is 24.2 Å². The van der Waals surface area contributed by atoms with Crippen molar-refractivity contribution in [3.8, 4) is 0 Å². The molecule has 4 aromatic carbocycles. The van der Waals surface area contributed by atoms with E-state index in [2.05, 4.69) is 0 Å². The molecule has 1 aliphatic heterocycles. The molecule has 0 aromatic heterocycles. The summed E-state index contributed by atoms with van der Waals surface area (Å²) in [5.41, 5.74) is 1.22. The molecule has 18 heteroatoms. The molecule has 0 bridgehead atoms. The lowest BCUT2D eigenvalue weighted by atomic mass is 10.1. The minimum atomic E-state index is -0.967. The monoisotopic (exact) mass is 729 g/mol. The Kier molecular flexibility index (Phi) is 11.9. The summed E-state index contributed by atoms with van der Waals surface area (Å²) < 4.78 is 16.4. The van der Waals surface area contributed by atoms with Gasteiger partial charge in [0.1, 0.15) is 19.8 Å². The summed E-state index contributed by atoms with van der Waals surface area (Å²) >= 11 is 0. The van der Waals surface area contributed by atoms with E-state index in [9.17, 15) is 49.8 Å². The van der Waals surface area contributed by atoms with Crippen LogP contribution in [0.3, 0.4) is 0 Å². The van der Waals surface area contributed by atoms with Gasteiger partial charge in [0.15, 0.2) is 0 Å². The number of aliphatic hydroxyl groups is 1. The molecule has 0 aliphatic carbocycles. The van der Waals surface area contributed by atoms with Gasteiger partial charge in [0.25, 0.3) is 17.1 Å². The number of carbonyl (C=O) groups excluding carboxylic acids is 3. The van der Waals surface area contributed by atoms with Crippen LogP contribution in [-0.2, 0) is 34.0 Å². The van der Waals surface area contributed by atoms with E-state index in [4.69, 9.17) is 14.2 Å². The Morgan fingerprint density at radius 1 is 0.698 bits per heavy atom. The first-order valence-corrected chi connectivity index (χ1v) is 15.9. The van der Waals surface area contributed by atoms with Gasteiger partial charge in [-0.05, 0) is 77.7 Å². The number of esters is 1. The van der Waals surface area contributed by atoms with Gasteiger partial charge in [0.05, 0.1) is 39.0 Å². The van der Waals surface area contributed by atoms with Crippen molar-refractivity contribution in [3.05, 3.63) is 150 Å². The smallest absolute Gasteiger partial charge is 0.414 e. The van der Waals surface area contributed by atoms with Gasteiger partial charge in [-0.3, -0.25) is 35.2 Å². The summed E-state index contributed by atoms with van der Waals surface area (Å²) in [7, 11) is 0. The fourth-order valence-electron chi connectivity index (χ4n) is 5.41. The molecule has 0 spiro atoms. The number of hydrogen-bond donors (Lipinski definition) is 1. The standard InChI is InChI=1S/C35H31N5O13/c41-32-17-31(37(19-32)35(44)53-22-25-8-14-29(15-9-25)40(49)50)18-36(34(43)52-21-24-6-12-28(13-7-24)39(47)48)30-3-1-2-26(16-30)33(42)51-20-23-4-10-27(11-5-23)38(45)46/h1-16,31-32,41H,17-22H2/t31-,32+/m0/s1. The van der Waals surface area contributed by atoms with E-state index < -0.39 is 45.1 Å². The molecule has 4 aromatic rings. The average molecular weight is 730 g/mol. The lowest BCUT2D eigenvalue weighted by Crippen LogP contribution is -2.46. The largest absolute Gasteiger partial charge is 0.457 e. The van der Waals surface area contributed by atoms with Crippen molar-refractivity contribution in [2.75, 3.05) is 18.0 Å². The Morgan fingerprint density at radius 3 is 1.66 bits per heavy atom. The van der Waals surface area contributed by atoms with Gasteiger partial charge >= 0.3 is 18.2 Å². The van der Waals surface area contributed by atoms with Crippen LogP contribution in [0, 0.1) is 30.3 Å². The maximum atomic E-state index is 13.7. The average Bonchev–Trinajstić information content (AvgIpc) is 3.54. The molecular weight excluding hydrogens is 698 g/mol. The number of likely N-dealkylation sites (tertiary alicyclic amines) is 1. The number of nitro benzene ring substituents is 3. The Labute approximate surface area is 300 Å². The molecular formula is C35H31N5O13. The van der Waals surface area contributed by atoms with E-state index in [-0.39, 0.29) is 67.6 Å². The number of nitrogens with zero attached hydrogens (tertiary/aromatic N) is 5. The second-order valence-electron chi connectivity index (χ2n) is 11.8. The number of rotatable bonds is 13. The fraction of sp³-hybridized carbons (Fsp3) is 0.229. The minimum Gasteiger partial charge on any atom is -0.457 e. The lowest BCUT2D eigenvalue weighted by molar-refractivity contribution is -0.385. The fourth-order valence-corrected chi connectivity index (χ4v) is 5.41. The van der Waals surface area contributed by atoms with Crippen molar-refractivity contribution >= 4 is 40.9 Å². The van der Waals surface area contributed by atoms with E-state index in [0.29, 0.717) is 16.7 Å². The first-order chi connectivity index (χ1) is 25.4. The number of amides is 2. The van der Waals surface area contributed by atoms with Crippen LogP contribution in [0.5, 0.6) is 0 Å². The number of β-amino-alcohol motifs (C(OH)–C–C–N with tert-alkyl or cyclic N) is 1. The van der Waals surface area contributed by atoms with Crippen LogP contribution >= 0.6 is 0 Å². The molecule has 0 unspecified atom stereocenters. The molecule has 2 atom stereocenters. The van der Waals surface area contributed by atoms with Crippen molar-refractivity contribution in [2.24, 2.45) is 0 Å². The highest BCUT2D eigenvalue weighted by Gasteiger charge is 2.38. The van der Waals surface area contributed by atoms with Crippen molar-refractivity contribution in [1.82, 2.24) is 4.90 Å². The predicted molar refractivity (Wildman–Crippen MR) is 184 cm³/mol. The number of hydrogen-bond acceptors (Lipinski definition) is 13. The van der Waals surface area contributed by atoms with Gasteiger partial charge in [0.2, 0.25) is 0 Å². The molecule has 1 fully saturated rings. The molecule has 18 nitrogen and oxygen atoms in total. The SMILES string of the molecule is O=C(OCc1ccc([N+](=O)[O-])cc1)c1cccc(N(C[C@@H]2C[C@@H](O)CN2C(=O)OCc2ccc([N+](=O)[O-])cc2)C(=O)OCc2ccc([N+](=O)[O-])cc2)c1. The summed E-state index contributed by atoms with van der Waals surface area (Å²) in [6, 6.07) is 21.3. The van der Waals surface area contributed by atoms with E-state index in [1.54, 1.807) is 0 Å². The highest BCUT2D eigenvalue weighted by Crippen LogP contribution is 2.26. The van der Waals surface area contributed by atoms with E-state index in [1.807, 2.05) is 0 Å². The predicted octanol–water partition coefficient (Wildman–Crippen LogP) is 5.68. The maximum absolute atomic E-state index is 13.7. The van der Waals surface area contributed by atoms with Crippen LogP contribution in [0.4, 0.5) is 32.3 Å². The van der Waals surface area contributed by atoms with Gasteiger partial charge in [-0.25, -0.2) is 14.4 Å². The van der Waals surface area contributed by atoms with Gasteiger partial charge in [-0.1, -0.05) is 6.07 Å². The Morgan fingerprint density at radius 2 is 1.17 bits per heavy atom. The third-order valence-corrected chi connectivity index (χ3v) is 8.17. The number of anilines is 1. The molecule has 1 aliphatic rings. The highest BCUT2D eigenvalue weighted by atomic mass is 16.6. The Bertz CT molecular complexity index is 1990. The van der Waals surface area contributed by atoms with Gasteiger partial charge in [-0.15, -0.1) is 0 Å². The van der Waals surface area contributed by atoms with Crippen LogP contribution in [-0.4, -0.2) is 68.2 Å². The third kappa shape index (κ3) is 9.85. The van der Waals surface area contributed by atoms with Gasteiger partial charge in [-0.2, -0.15) is 0 Å². The molecule has 5 rings (SSSR count). The first kappa shape index (κ1) is 37.3. The van der Waals surface area contributed by atoms with Gasteiger partial charge in [0, 0.05) is 48.6 Å². The molecule has 1 N–H and O–H groups in total. The number of benzene rings is 4. The maximum Gasteiger partial charge on any atom is 0.414 e. The Balaban J connectivity index is 1.33. The quantitative estimate of drug-likeness (QED) is 0.0755. The summed E-state index contributed by atoms with van der Waals surface area (Å²) in [6.07, 6.45) is -2.63. The summed E-state index contributed by atoms with van der Waals surface area (Å²) in [5.74, 6) is -0.767. The highest BCUT2D eigenvalue weighted by molar-refractivity contribution is 5.93. The lowest BCUT2D eigenvalue weighted by Gasteiger charge is -2.30. The normalized spacial score (nSPS) is 14.9. The third-order valence-electron chi connectivity index (χ3n) is 8.17. The minimum absolute atomic E-state index is 0.0448. The van der Waals surface area contributed by atoms with Crippen LogP contribution < -0.4 is 4.90 Å². The molecule has 2 amide bonds. The van der Waals surface area contributed by atoms with Crippen LogP contribution in [0.1, 0.15) is 33.5 Å². The number of carbonyl (C=O) groups is 3. The van der Waals surface area contributed by atoms with Crippen LogP contribution in [0.2, 0.25) is 0 Å². The summed E-state index contributed by atoms with van der Waals surface area (Å²) in [4.78, 5) is 73.6. The zero-order chi connectivity index (χ0) is 38.1. The second kappa shape index (κ2) is 16.8. The summed E-state index contributed by atoms with van der Waals surface area (Å²) in [6.45, 7) is -1.03. The number of ether oxygens (including phenoxy) is 3. The topological polar surface area (TPSA) is 235 Å². The molecule has 0 saturated carbocycles. The van der Waals surface area contributed by atoms with Crippen molar-refractivity contribution in [3.63, 3.8) is 0 Å². The molecule has 274 valence electrons. The van der Waals surface area contributed by atoms with E-state index >= 15 is 0 Å². The number of non-ortho nitro benzene ring substituents is 3. The zero-order valence-electron chi connectivity index (χ0n) is 27.7. The first-order valence-electron chi connectivity index (χ1n) is 15.9. The van der Waals surface area contributed by atoms with Crippen LogP contribution in [0.15, 0.2) is 97.1 Å².